The predicted molar refractivity (Wildman–Crippen MR) is 126 cm³/mol. The van der Waals surface area contributed by atoms with Gasteiger partial charge in [-0.2, -0.15) is 5.26 Å². The van der Waals surface area contributed by atoms with E-state index in [9.17, 15) is 14.9 Å². The van der Waals surface area contributed by atoms with Gasteiger partial charge in [0, 0.05) is 30.3 Å². The summed E-state index contributed by atoms with van der Waals surface area (Å²) in [6, 6.07) is 12.2. The van der Waals surface area contributed by atoms with Gasteiger partial charge >= 0.3 is 0 Å². The number of hydrogen-bond acceptors (Lipinski definition) is 8. The molecular weight excluding hydrogens is 484 g/mol. The monoisotopic (exact) mass is 502 g/mol. The SMILES string of the molecule is C[C@]12O[C@](CCOc3ccc(Cl)cn3)([C@@H]3C(=O)N(c4ccc(C#N)c5ncccc45)C(=O)[C@@H]31)[C@H]1O[C@H]12. The number of hydrogen-bond donors (Lipinski definition) is 0. The number of aromatic nitrogens is 2. The van der Waals surface area contributed by atoms with Crippen LogP contribution in [0, 0.1) is 23.2 Å². The minimum absolute atomic E-state index is 0.228. The molecule has 4 aliphatic heterocycles. The minimum Gasteiger partial charge on any atom is -0.478 e. The van der Waals surface area contributed by atoms with E-state index in [4.69, 9.17) is 25.8 Å². The summed E-state index contributed by atoms with van der Waals surface area (Å²) >= 11 is 5.90. The lowest BCUT2D eigenvalue weighted by molar-refractivity contribution is -0.145. The van der Waals surface area contributed by atoms with Crippen LogP contribution in [0.5, 0.6) is 5.88 Å². The zero-order valence-corrected chi connectivity index (χ0v) is 19.8. The van der Waals surface area contributed by atoms with E-state index in [-0.39, 0.29) is 30.6 Å². The molecule has 6 atom stereocenters. The largest absolute Gasteiger partial charge is 0.478 e. The molecule has 3 aromatic rings. The van der Waals surface area contributed by atoms with Crippen LogP contribution in [0.2, 0.25) is 5.02 Å². The third-order valence-corrected chi connectivity index (χ3v) is 8.17. The van der Waals surface area contributed by atoms with Gasteiger partial charge in [0.05, 0.1) is 40.2 Å². The first kappa shape index (κ1) is 21.7. The summed E-state index contributed by atoms with van der Waals surface area (Å²) in [6.45, 7) is 2.09. The maximum Gasteiger partial charge on any atom is 0.240 e. The lowest BCUT2D eigenvalue weighted by atomic mass is 9.67. The molecule has 2 bridgehead atoms. The molecule has 2 aromatic heterocycles. The Morgan fingerprint density at radius 3 is 2.75 bits per heavy atom. The summed E-state index contributed by atoms with van der Waals surface area (Å²) < 4.78 is 18.3. The van der Waals surface area contributed by atoms with Crippen molar-refractivity contribution >= 4 is 40.0 Å². The maximum atomic E-state index is 14.0. The Kier molecular flexibility index (Phi) is 4.35. The van der Waals surface area contributed by atoms with Gasteiger partial charge in [0.1, 0.15) is 29.5 Å². The number of pyridine rings is 2. The lowest BCUT2D eigenvalue weighted by Crippen LogP contribution is -2.48. The highest BCUT2D eigenvalue weighted by molar-refractivity contribution is 6.30. The fourth-order valence-electron chi connectivity index (χ4n) is 6.46. The zero-order chi connectivity index (χ0) is 24.8. The molecule has 36 heavy (non-hydrogen) atoms. The molecule has 9 nitrogen and oxygen atoms in total. The van der Waals surface area contributed by atoms with Crippen LogP contribution < -0.4 is 9.64 Å². The second-order valence-electron chi connectivity index (χ2n) is 9.74. The number of nitrogens with zero attached hydrogens (tertiary/aromatic N) is 4. The normalized spacial score (nSPS) is 33.5. The molecule has 4 fully saturated rings. The van der Waals surface area contributed by atoms with E-state index in [2.05, 4.69) is 16.0 Å². The number of carbonyl (C=O) groups is 2. The molecule has 0 spiro atoms. The number of fused-ring (bicyclic) bond motifs is 9. The number of nitriles is 1. The Balaban J connectivity index is 1.25. The van der Waals surface area contributed by atoms with Crippen LogP contribution in [0.1, 0.15) is 18.9 Å². The van der Waals surface area contributed by atoms with Gasteiger partial charge in [0.15, 0.2) is 0 Å². The summed E-state index contributed by atoms with van der Waals surface area (Å²) in [5, 5.41) is 10.6. The van der Waals surface area contributed by atoms with Crippen molar-refractivity contribution in [2.45, 2.75) is 36.8 Å². The predicted octanol–water partition coefficient (Wildman–Crippen LogP) is 3.04. The molecule has 0 aliphatic carbocycles. The Morgan fingerprint density at radius 1 is 1.14 bits per heavy atom. The van der Waals surface area contributed by atoms with Crippen molar-refractivity contribution in [1.82, 2.24) is 9.97 Å². The number of rotatable bonds is 5. The smallest absolute Gasteiger partial charge is 0.240 e. The Labute approximate surface area is 210 Å². The van der Waals surface area contributed by atoms with Crippen LogP contribution in [0.15, 0.2) is 48.8 Å². The average Bonchev–Trinajstić information content (AvgIpc) is 3.54. The first-order valence-corrected chi connectivity index (χ1v) is 12.0. The number of halogens is 1. The molecule has 2 amide bonds. The summed E-state index contributed by atoms with van der Waals surface area (Å²) in [5.74, 6) is -1.63. The van der Waals surface area contributed by atoms with Crippen molar-refractivity contribution < 1.29 is 23.8 Å². The van der Waals surface area contributed by atoms with Gasteiger partial charge in [-0.25, -0.2) is 9.88 Å². The topological polar surface area (TPSA) is 118 Å². The van der Waals surface area contributed by atoms with Crippen LogP contribution >= 0.6 is 11.6 Å². The third-order valence-electron chi connectivity index (χ3n) is 7.95. The molecule has 0 N–H and O–H groups in total. The van der Waals surface area contributed by atoms with Crippen LogP contribution in [-0.4, -0.2) is 51.8 Å². The van der Waals surface area contributed by atoms with Crippen molar-refractivity contribution in [3.63, 3.8) is 0 Å². The summed E-state index contributed by atoms with van der Waals surface area (Å²) in [4.78, 5) is 37.6. The van der Waals surface area contributed by atoms with E-state index in [0.717, 1.165) is 0 Å². The highest BCUT2D eigenvalue weighted by atomic mass is 35.5. The van der Waals surface area contributed by atoms with Crippen LogP contribution in [0.4, 0.5) is 5.69 Å². The molecule has 0 saturated carbocycles. The molecule has 0 radical (unpaired) electrons. The first-order valence-electron chi connectivity index (χ1n) is 11.6. The van der Waals surface area contributed by atoms with Crippen molar-refractivity contribution in [1.29, 1.82) is 5.26 Å². The van der Waals surface area contributed by atoms with Gasteiger partial charge in [-0.05, 0) is 37.3 Å². The fraction of sp³-hybridized carbons (Fsp3) is 0.346. The standard InChI is InChI=1S/C26H19ClN4O5/c1-25-18-19(26(36-25,22-21(25)35-22)8-10-34-17-7-5-14(27)12-30-17)24(33)31(23(18)32)16-6-4-13(11-28)20-15(16)3-2-9-29-20/h2-7,9,12,18-19,21-22H,8,10H2,1H3/t18-,19+,21-,22+,25+,26-/m1/s1. The maximum absolute atomic E-state index is 14.0. The van der Waals surface area contributed by atoms with Crippen LogP contribution in [0.25, 0.3) is 10.9 Å². The van der Waals surface area contributed by atoms with E-state index < -0.39 is 23.0 Å². The van der Waals surface area contributed by atoms with Crippen LogP contribution in [-0.2, 0) is 19.1 Å². The summed E-state index contributed by atoms with van der Waals surface area (Å²) in [7, 11) is 0. The minimum atomic E-state index is -0.974. The first-order chi connectivity index (χ1) is 17.4. The molecule has 6 heterocycles. The van der Waals surface area contributed by atoms with E-state index in [1.807, 2.05) is 6.92 Å². The second-order valence-corrected chi connectivity index (χ2v) is 10.2. The number of benzene rings is 1. The van der Waals surface area contributed by atoms with Crippen molar-refractivity contribution in [2.75, 3.05) is 11.5 Å². The zero-order valence-electron chi connectivity index (χ0n) is 19.1. The molecule has 4 aliphatic rings. The molecule has 10 heteroatoms. The van der Waals surface area contributed by atoms with Crippen molar-refractivity contribution in [3.8, 4) is 11.9 Å². The Bertz CT molecular complexity index is 1510. The highest BCUT2D eigenvalue weighted by Crippen LogP contribution is 2.69. The molecule has 180 valence electrons. The number of epoxide rings is 1. The molecule has 0 unspecified atom stereocenters. The number of carbonyl (C=O) groups excluding carboxylic acids is 2. The average molecular weight is 503 g/mol. The van der Waals surface area contributed by atoms with Gasteiger partial charge in [-0.1, -0.05) is 11.6 Å². The molecular formula is C26H19ClN4O5. The number of imide groups is 1. The van der Waals surface area contributed by atoms with Gasteiger partial charge in [0.2, 0.25) is 17.7 Å². The molecule has 1 aromatic carbocycles. The third kappa shape index (κ3) is 2.66. The van der Waals surface area contributed by atoms with E-state index in [1.165, 1.54) is 11.1 Å². The highest BCUT2D eigenvalue weighted by Gasteiger charge is 2.86. The lowest BCUT2D eigenvalue weighted by Gasteiger charge is -2.31. The summed E-state index contributed by atoms with van der Waals surface area (Å²) in [5.41, 5.74) is -0.626. The number of amides is 2. The number of anilines is 1. The van der Waals surface area contributed by atoms with E-state index in [1.54, 1.807) is 42.6 Å². The quantitative estimate of drug-likeness (QED) is 0.386. The van der Waals surface area contributed by atoms with Crippen LogP contribution in [0.3, 0.4) is 0 Å². The Hall–Kier alpha value is -3.58. The Morgan fingerprint density at radius 2 is 1.97 bits per heavy atom. The molecule has 7 rings (SSSR count). The van der Waals surface area contributed by atoms with Gasteiger partial charge in [0.25, 0.3) is 0 Å². The van der Waals surface area contributed by atoms with Crippen molar-refractivity contribution in [2.24, 2.45) is 11.8 Å². The second kappa shape index (κ2) is 7.23. The van der Waals surface area contributed by atoms with Gasteiger partial charge in [-0.3, -0.25) is 14.6 Å². The van der Waals surface area contributed by atoms with E-state index in [0.29, 0.717) is 39.5 Å². The fourth-order valence-corrected chi connectivity index (χ4v) is 6.57. The molecule has 4 saturated heterocycles. The van der Waals surface area contributed by atoms with E-state index >= 15 is 0 Å². The van der Waals surface area contributed by atoms with Gasteiger partial charge in [-0.15, -0.1) is 0 Å². The number of ether oxygens (including phenoxy) is 3. The van der Waals surface area contributed by atoms with Gasteiger partial charge < -0.3 is 14.2 Å². The summed E-state index contributed by atoms with van der Waals surface area (Å²) in [6.07, 6.45) is 2.92. The van der Waals surface area contributed by atoms with Crippen molar-refractivity contribution in [3.05, 3.63) is 59.4 Å².